The van der Waals surface area contributed by atoms with E-state index in [1.807, 2.05) is 13.0 Å². The van der Waals surface area contributed by atoms with E-state index in [0.29, 0.717) is 25.0 Å². The van der Waals surface area contributed by atoms with Crippen molar-refractivity contribution in [1.29, 1.82) is 0 Å². The van der Waals surface area contributed by atoms with E-state index in [4.69, 9.17) is 4.65 Å². The Morgan fingerprint density at radius 3 is 2.93 bits per heavy atom. The molecule has 9 heteroatoms. The van der Waals surface area contributed by atoms with Crippen LogP contribution in [0.4, 0.5) is 0 Å². The average Bonchev–Trinajstić information content (AvgIpc) is 3.03. The lowest BCUT2D eigenvalue weighted by atomic mass is 9.74. The van der Waals surface area contributed by atoms with E-state index in [1.54, 1.807) is 12.4 Å². The Balaban J connectivity index is 1.73. The molecule has 1 saturated carbocycles. The van der Waals surface area contributed by atoms with E-state index >= 15 is 0 Å². The molecule has 3 rings (SSSR count). The summed E-state index contributed by atoms with van der Waals surface area (Å²) in [5.41, 5.74) is 2.42. The minimum atomic E-state index is -3.22. The van der Waals surface area contributed by atoms with Crippen LogP contribution in [0.15, 0.2) is 25.0 Å². The number of fused-ring (bicyclic) bond motifs is 1. The number of allylic oxidation sites excluding steroid dienone is 1. The molecule has 1 aliphatic rings. The van der Waals surface area contributed by atoms with Gasteiger partial charge in [-0.3, -0.25) is 0 Å². The van der Waals surface area contributed by atoms with E-state index < -0.39 is 17.1 Å². The summed E-state index contributed by atoms with van der Waals surface area (Å²) in [6, 6.07) is 1.85. The van der Waals surface area contributed by atoms with Crippen molar-refractivity contribution < 1.29 is 18.1 Å². The van der Waals surface area contributed by atoms with Crippen LogP contribution in [0.2, 0.25) is 6.82 Å². The fourth-order valence-corrected chi connectivity index (χ4v) is 4.93. The van der Waals surface area contributed by atoms with Crippen LogP contribution < -0.4 is 9.38 Å². The van der Waals surface area contributed by atoms with Crippen molar-refractivity contribution in [3.63, 3.8) is 0 Å². The first-order valence-corrected chi connectivity index (χ1v) is 11.0. The molecular formula is C18H26BN3O4S. The van der Waals surface area contributed by atoms with Gasteiger partial charge >= 0.3 is 7.12 Å². The minimum absolute atomic E-state index is 0.0571. The highest BCUT2D eigenvalue weighted by Crippen LogP contribution is 2.43. The van der Waals surface area contributed by atoms with Gasteiger partial charge in [0.05, 0.1) is 11.9 Å². The predicted molar refractivity (Wildman–Crippen MR) is 108 cm³/mol. The number of sulfonamides is 1. The maximum atomic E-state index is 12.1. The molecule has 0 aliphatic heterocycles. The fraction of sp³-hybridized carbons (Fsp3) is 0.500. The van der Waals surface area contributed by atoms with E-state index in [0.717, 1.165) is 28.6 Å². The minimum Gasteiger partial charge on any atom is -0.535 e. The zero-order valence-corrected chi connectivity index (χ0v) is 16.6. The number of nitrogens with one attached hydrogen (secondary N) is 2. The normalized spacial score (nSPS) is 19.7. The van der Waals surface area contributed by atoms with Crippen LogP contribution >= 0.6 is 0 Å². The molecule has 146 valence electrons. The molecule has 7 nitrogen and oxygen atoms in total. The van der Waals surface area contributed by atoms with E-state index in [-0.39, 0.29) is 17.7 Å². The highest BCUT2D eigenvalue weighted by molar-refractivity contribution is 7.89. The van der Waals surface area contributed by atoms with Gasteiger partial charge in [0.1, 0.15) is 11.4 Å². The smallest absolute Gasteiger partial charge is 0.519 e. The number of rotatable bonds is 9. The molecule has 1 fully saturated rings. The van der Waals surface area contributed by atoms with Crippen LogP contribution in [-0.4, -0.2) is 42.3 Å². The lowest BCUT2D eigenvalue weighted by molar-refractivity contribution is 0.310. The predicted octanol–water partition coefficient (Wildman–Crippen LogP) is 2.56. The van der Waals surface area contributed by atoms with Gasteiger partial charge in [-0.25, -0.2) is 18.1 Å². The molecule has 0 amide bonds. The third-order valence-electron chi connectivity index (χ3n) is 4.91. The van der Waals surface area contributed by atoms with Crippen LogP contribution in [0.5, 0.6) is 5.75 Å². The summed E-state index contributed by atoms with van der Waals surface area (Å²) in [5, 5.41) is 10.5. The Hall–Kier alpha value is -1.84. The Labute approximate surface area is 160 Å². The average molecular weight is 391 g/mol. The lowest BCUT2D eigenvalue weighted by Gasteiger charge is -2.37. The molecular weight excluding hydrogens is 365 g/mol. The SMILES string of the molecule is C=C(c1c(OB(C)O)cnc2[nH]ccc12)[C@H]1C[C@@H](NS(=O)(=O)CCCC)C1. The maximum Gasteiger partial charge on any atom is 0.519 e. The van der Waals surface area contributed by atoms with Crippen molar-refractivity contribution in [2.24, 2.45) is 5.92 Å². The monoisotopic (exact) mass is 391 g/mol. The van der Waals surface area contributed by atoms with Crippen LogP contribution in [0, 0.1) is 5.92 Å². The van der Waals surface area contributed by atoms with Crippen molar-refractivity contribution in [1.82, 2.24) is 14.7 Å². The largest absolute Gasteiger partial charge is 0.535 e. The topological polar surface area (TPSA) is 104 Å². The van der Waals surface area contributed by atoms with Gasteiger partial charge in [-0.15, -0.1) is 0 Å². The molecule has 0 unspecified atom stereocenters. The highest BCUT2D eigenvalue weighted by Gasteiger charge is 2.35. The van der Waals surface area contributed by atoms with Gasteiger partial charge in [0.25, 0.3) is 0 Å². The Morgan fingerprint density at radius 2 is 2.26 bits per heavy atom. The van der Waals surface area contributed by atoms with Crippen molar-refractivity contribution in [2.45, 2.75) is 45.5 Å². The first kappa shape index (κ1) is 19.9. The fourth-order valence-electron chi connectivity index (χ4n) is 3.44. The molecule has 27 heavy (non-hydrogen) atoms. The molecule has 3 N–H and O–H groups in total. The van der Waals surface area contributed by atoms with Gasteiger partial charge in [-0.05, 0) is 43.6 Å². The summed E-state index contributed by atoms with van der Waals surface area (Å²) in [4.78, 5) is 7.38. The molecule has 0 spiro atoms. The number of hydrogen-bond donors (Lipinski definition) is 3. The summed E-state index contributed by atoms with van der Waals surface area (Å²) in [5.74, 6) is 0.807. The van der Waals surface area contributed by atoms with Crippen LogP contribution in [0.3, 0.4) is 0 Å². The number of hydrogen-bond acceptors (Lipinski definition) is 5. The van der Waals surface area contributed by atoms with E-state index in [1.165, 1.54) is 6.82 Å². The zero-order valence-electron chi connectivity index (χ0n) is 15.7. The maximum absolute atomic E-state index is 12.1. The Kier molecular flexibility index (Phi) is 5.93. The molecule has 0 aromatic carbocycles. The zero-order chi connectivity index (χ0) is 19.6. The van der Waals surface area contributed by atoms with Gasteiger partial charge in [0, 0.05) is 23.2 Å². The first-order valence-electron chi connectivity index (χ1n) is 9.30. The summed E-state index contributed by atoms with van der Waals surface area (Å²) in [6.45, 7) is 7.76. The first-order chi connectivity index (χ1) is 12.8. The van der Waals surface area contributed by atoms with Crippen LogP contribution in [0.1, 0.15) is 38.2 Å². The molecule has 1 aliphatic carbocycles. The summed E-state index contributed by atoms with van der Waals surface area (Å²) >= 11 is 0. The van der Waals surface area contributed by atoms with Gasteiger partial charge in [-0.2, -0.15) is 0 Å². The molecule has 2 heterocycles. The standard InChI is InChI=1S/C18H26BN3O4S/c1-4-5-8-27(24,25)22-14-9-13(10-14)12(2)17-15-6-7-20-18(15)21-11-16(17)26-19(3)23/h6-7,11,13-14,22-23H,2,4-5,8-10H2,1,3H3,(H,20,21)/t13-,14+. The van der Waals surface area contributed by atoms with Gasteiger partial charge < -0.3 is 14.7 Å². The molecule has 0 saturated heterocycles. The van der Waals surface area contributed by atoms with Gasteiger partial charge in [0.15, 0.2) is 0 Å². The molecule has 0 radical (unpaired) electrons. The number of aromatic amines is 1. The van der Waals surface area contributed by atoms with Crippen molar-refractivity contribution >= 4 is 33.7 Å². The summed E-state index contributed by atoms with van der Waals surface area (Å²) in [6.07, 6.45) is 6.30. The number of pyridine rings is 1. The number of nitrogens with zero attached hydrogens (tertiary/aromatic N) is 1. The quantitative estimate of drug-likeness (QED) is 0.570. The summed E-state index contributed by atoms with van der Waals surface area (Å²) in [7, 11) is -4.18. The second-order valence-corrected chi connectivity index (χ2v) is 9.01. The second kappa shape index (κ2) is 8.04. The van der Waals surface area contributed by atoms with Crippen LogP contribution in [-0.2, 0) is 10.0 Å². The number of unbranched alkanes of at least 4 members (excludes halogenated alkanes) is 1. The van der Waals surface area contributed by atoms with Gasteiger partial charge in [-0.1, -0.05) is 19.9 Å². The molecule has 0 bridgehead atoms. The number of aromatic nitrogens is 2. The third kappa shape index (κ3) is 4.53. The Bertz CT molecular complexity index is 920. The number of H-pyrrole nitrogens is 1. The summed E-state index contributed by atoms with van der Waals surface area (Å²) < 4.78 is 32.4. The molecule has 0 atom stereocenters. The van der Waals surface area contributed by atoms with Crippen molar-refractivity contribution in [2.75, 3.05) is 5.75 Å². The van der Waals surface area contributed by atoms with Crippen LogP contribution in [0.25, 0.3) is 16.6 Å². The van der Waals surface area contributed by atoms with E-state index in [2.05, 4.69) is 21.3 Å². The molecule has 2 aromatic rings. The lowest BCUT2D eigenvalue weighted by Crippen LogP contribution is -2.45. The van der Waals surface area contributed by atoms with Crippen molar-refractivity contribution in [3.05, 3.63) is 30.6 Å². The molecule has 2 aromatic heterocycles. The highest BCUT2D eigenvalue weighted by atomic mass is 32.2. The van der Waals surface area contributed by atoms with Gasteiger partial charge in [0.2, 0.25) is 10.0 Å². The third-order valence-corrected chi connectivity index (χ3v) is 6.43. The van der Waals surface area contributed by atoms with E-state index in [9.17, 15) is 13.4 Å². The second-order valence-electron chi connectivity index (χ2n) is 7.14. The van der Waals surface area contributed by atoms with Crippen molar-refractivity contribution in [3.8, 4) is 5.75 Å². The Morgan fingerprint density at radius 1 is 1.52 bits per heavy atom.